The molecule has 7 rings (SSSR count). The molecule has 2 nitrogen and oxygen atoms in total. The summed E-state index contributed by atoms with van der Waals surface area (Å²) in [6.45, 7) is 8.81. The molecule has 0 amide bonds. The minimum atomic E-state index is 0.156. The molecule has 0 saturated heterocycles. The monoisotopic (exact) mass is 457 g/mol. The van der Waals surface area contributed by atoms with E-state index in [1.54, 1.807) is 0 Å². The lowest BCUT2D eigenvalue weighted by Gasteiger charge is -2.26. The number of fused-ring (bicyclic) bond motifs is 8. The van der Waals surface area contributed by atoms with Crippen LogP contribution < -0.4 is 0 Å². The van der Waals surface area contributed by atoms with E-state index in [2.05, 4.69) is 82.3 Å². The van der Waals surface area contributed by atoms with Crippen molar-refractivity contribution in [2.24, 2.45) is 0 Å². The fraction of sp³-hybridized carbons (Fsp3) is 0.303. The van der Waals surface area contributed by atoms with Gasteiger partial charge in [-0.05, 0) is 89.8 Å². The van der Waals surface area contributed by atoms with Crippen LogP contribution in [-0.4, -0.2) is 4.98 Å². The molecule has 1 spiro atoms. The Morgan fingerprint density at radius 1 is 0.829 bits per heavy atom. The van der Waals surface area contributed by atoms with Crippen molar-refractivity contribution >= 4 is 21.9 Å². The first-order chi connectivity index (χ1) is 17.0. The third-order valence-electron chi connectivity index (χ3n) is 8.72. The Bertz CT molecular complexity index is 1650. The SMILES string of the molecule is Cc1cc(-c2c(C)ccc3c2oc2cc4c(cc23)-c2ccccc2C42CCCC2)ncc1C(C)C. The molecule has 2 aromatic heterocycles. The lowest BCUT2D eigenvalue weighted by atomic mass is 9.77. The van der Waals surface area contributed by atoms with E-state index in [0.717, 1.165) is 22.4 Å². The summed E-state index contributed by atoms with van der Waals surface area (Å²) in [4.78, 5) is 4.90. The predicted molar refractivity (Wildman–Crippen MR) is 145 cm³/mol. The van der Waals surface area contributed by atoms with Gasteiger partial charge in [0, 0.05) is 27.9 Å². The van der Waals surface area contributed by atoms with E-state index in [4.69, 9.17) is 9.40 Å². The van der Waals surface area contributed by atoms with E-state index in [9.17, 15) is 0 Å². The lowest BCUT2D eigenvalue weighted by molar-refractivity contribution is 0.549. The molecular weight excluding hydrogens is 426 g/mol. The van der Waals surface area contributed by atoms with Crippen LogP contribution in [0, 0.1) is 13.8 Å². The highest BCUT2D eigenvalue weighted by Gasteiger charge is 2.45. The van der Waals surface area contributed by atoms with Gasteiger partial charge in [-0.1, -0.05) is 63.1 Å². The smallest absolute Gasteiger partial charge is 0.145 e. The van der Waals surface area contributed by atoms with Crippen LogP contribution in [0.2, 0.25) is 0 Å². The highest BCUT2D eigenvalue weighted by atomic mass is 16.3. The molecule has 2 aliphatic rings. The van der Waals surface area contributed by atoms with Crippen LogP contribution >= 0.6 is 0 Å². The van der Waals surface area contributed by atoms with Crippen LogP contribution in [0.15, 0.2) is 65.2 Å². The Hall–Kier alpha value is -3.39. The summed E-state index contributed by atoms with van der Waals surface area (Å²) in [7, 11) is 0. The van der Waals surface area contributed by atoms with Gasteiger partial charge < -0.3 is 4.42 Å². The lowest BCUT2D eigenvalue weighted by Crippen LogP contribution is -2.20. The number of nitrogens with zero attached hydrogens (tertiary/aromatic N) is 1. The molecule has 1 saturated carbocycles. The molecule has 2 heterocycles. The summed E-state index contributed by atoms with van der Waals surface area (Å²) in [5.74, 6) is 0.466. The summed E-state index contributed by atoms with van der Waals surface area (Å²) >= 11 is 0. The van der Waals surface area contributed by atoms with Gasteiger partial charge in [-0.15, -0.1) is 0 Å². The summed E-state index contributed by atoms with van der Waals surface area (Å²) in [5.41, 5.74) is 13.8. The highest BCUT2D eigenvalue weighted by Crippen LogP contribution is 2.58. The zero-order valence-electron chi connectivity index (χ0n) is 21.0. The molecule has 0 unspecified atom stereocenters. The van der Waals surface area contributed by atoms with E-state index in [-0.39, 0.29) is 5.41 Å². The van der Waals surface area contributed by atoms with Crippen molar-refractivity contribution in [3.63, 3.8) is 0 Å². The Kier molecular flexibility index (Phi) is 4.37. The Labute approximate surface area is 207 Å². The number of hydrogen-bond donors (Lipinski definition) is 0. The van der Waals surface area contributed by atoms with Crippen LogP contribution in [0.3, 0.4) is 0 Å². The first-order valence-electron chi connectivity index (χ1n) is 13.0. The van der Waals surface area contributed by atoms with Crippen molar-refractivity contribution in [1.29, 1.82) is 0 Å². The second-order valence-corrected chi connectivity index (χ2v) is 11.0. The Balaban J connectivity index is 1.50. The number of hydrogen-bond acceptors (Lipinski definition) is 2. The van der Waals surface area contributed by atoms with Gasteiger partial charge in [0.05, 0.1) is 5.69 Å². The highest BCUT2D eigenvalue weighted by molar-refractivity contribution is 6.12. The van der Waals surface area contributed by atoms with Gasteiger partial charge >= 0.3 is 0 Å². The first kappa shape index (κ1) is 20.9. The fourth-order valence-corrected chi connectivity index (χ4v) is 7.03. The third kappa shape index (κ3) is 2.80. The maximum absolute atomic E-state index is 6.72. The number of aryl methyl sites for hydroxylation is 2. The minimum absolute atomic E-state index is 0.156. The van der Waals surface area contributed by atoms with E-state index >= 15 is 0 Å². The average molecular weight is 458 g/mol. The Morgan fingerprint density at radius 3 is 2.40 bits per heavy atom. The fourth-order valence-electron chi connectivity index (χ4n) is 7.03. The molecule has 0 aliphatic heterocycles. The van der Waals surface area contributed by atoms with Gasteiger partial charge in [-0.2, -0.15) is 0 Å². The van der Waals surface area contributed by atoms with Crippen LogP contribution in [0.25, 0.3) is 44.3 Å². The van der Waals surface area contributed by atoms with Crippen molar-refractivity contribution in [1.82, 2.24) is 4.98 Å². The number of pyridine rings is 1. The van der Waals surface area contributed by atoms with E-state index in [1.165, 1.54) is 75.4 Å². The van der Waals surface area contributed by atoms with Crippen molar-refractivity contribution in [3.05, 3.63) is 88.6 Å². The molecule has 2 heteroatoms. The summed E-state index contributed by atoms with van der Waals surface area (Å²) in [5, 5.41) is 2.39. The van der Waals surface area contributed by atoms with Crippen LogP contribution in [0.1, 0.15) is 73.3 Å². The summed E-state index contributed by atoms with van der Waals surface area (Å²) in [6.07, 6.45) is 7.11. The van der Waals surface area contributed by atoms with Crippen LogP contribution in [-0.2, 0) is 5.41 Å². The standard InChI is InChI=1S/C33H31NO/c1-19(2)26-18-34-29(15-21(26)4)31-20(3)11-12-23-25-16-24-22-9-5-6-10-27(22)33(13-7-8-14-33)28(24)17-30(25)35-32(23)31/h5-6,9-12,15-19H,7-8,13-14H2,1-4H3. The second-order valence-electron chi connectivity index (χ2n) is 11.0. The summed E-state index contributed by atoms with van der Waals surface area (Å²) < 4.78 is 6.72. The molecule has 5 aromatic rings. The molecule has 2 aliphatic carbocycles. The molecule has 174 valence electrons. The van der Waals surface area contributed by atoms with Crippen LogP contribution in [0.5, 0.6) is 0 Å². The van der Waals surface area contributed by atoms with Crippen molar-refractivity contribution in [2.75, 3.05) is 0 Å². The molecule has 35 heavy (non-hydrogen) atoms. The first-order valence-corrected chi connectivity index (χ1v) is 13.0. The Morgan fingerprint density at radius 2 is 1.63 bits per heavy atom. The second kappa shape index (κ2) is 7.31. The minimum Gasteiger partial charge on any atom is -0.455 e. The maximum Gasteiger partial charge on any atom is 0.145 e. The van der Waals surface area contributed by atoms with E-state index < -0.39 is 0 Å². The van der Waals surface area contributed by atoms with E-state index in [0.29, 0.717) is 5.92 Å². The summed E-state index contributed by atoms with van der Waals surface area (Å²) in [6, 6.07) is 20.5. The molecule has 0 radical (unpaired) electrons. The topological polar surface area (TPSA) is 26.0 Å². The van der Waals surface area contributed by atoms with Gasteiger partial charge in [0.1, 0.15) is 11.2 Å². The van der Waals surface area contributed by atoms with Crippen molar-refractivity contribution in [3.8, 4) is 22.4 Å². The predicted octanol–water partition coefficient (Wildman–Crippen LogP) is 9.23. The van der Waals surface area contributed by atoms with Gasteiger partial charge in [-0.25, -0.2) is 0 Å². The van der Waals surface area contributed by atoms with E-state index in [1.807, 2.05) is 6.20 Å². The number of benzene rings is 3. The van der Waals surface area contributed by atoms with Crippen LogP contribution in [0.4, 0.5) is 0 Å². The average Bonchev–Trinajstić information content (AvgIpc) is 3.54. The zero-order chi connectivity index (χ0) is 23.9. The van der Waals surface area contributed by atoms with Gasteiger partial charge in [0.2, 0.25) is 0 Å². The molecule has 1 fully saturated rings. The molecule has 0 N–H and O–H groups in total. The maximum atomic E-state index is 6.72. The molecule has 0 bridgehead atoms. The normalized spacial score (nSPS) is 16.0. The number of furan rings is 1. The van der Waals surface area contributed by atoms with Gasteiger partial charge in [0.25, 0.3) is 0 Å². The van der Waals surface area contributed by atoms with Crippen molar-refractivity contribution < 1.29 is 4.42 Å². The third-order valence-corrected chi connectivity index (χ3v) is 8.72. The number of rotatable bonds is 2. The quantitative estimate of drug-likeness (QED) is 0.264. The molecule has 0 atom stereocenters. The largest absolute Gasteiger partial charge is 0.455 e. The molecule has 3 aromatic carbocycles. The molecular formula is C33H31NO. The zero-order valence-corrected chi connectivity index (χ0v) is 21.0. The number of aromatic nitrogens is 1. The van der Waals surface area contributed by atoms with Gasteiger partial charge in [0.15, 0.2) is 0 Å². The van der Waals surface area contributed by atoms with Crippen molar-refractivity contribution in [2.45, 2.75) is 64.7 Å². The van der Waals surface area contributed by atoms with Gasteiger partial charge in [-0.3, -0.25) is 4.98 Å².